The highest BCUT2D eigenvalue weighted by Gasteiger charge is 2.40. The molecular formula is C67H48N4. The third kappa shape index (κ3) is 7.11. The van der Waals surface area contributed by atoms with Crippen molar-refractivity contribution < 1.29 is 0 Å². The van der Waals surface area contributed by atoms with Gasteiger partial charge >= 0.3 is 0 Å². The molecule has 0 saturated heterocycles. The first-order chi connectivity index (χ1) is 35.2. The first-order valence-corrected chi connectivity index (χ1v) is 24.4. The lowest BCUT2D eigenvalue weighted by atomic mass is 9.65. The van der Waals surface area contributed by atoms with E-state index in [0.717, 1.165) is 33.7 Å². The Hall–Kier alpha value is -9.25. The highest BCUT2D eigenvalue weighted by Crippen LogP contribution is 2.50. The number of anilines is 4. The Morgan fingerprint density at radius 1 is 0.338 bits per heavy atom. The Bertz CT molecular complexity index is 3750. The van der Waals surface area contributed by atoms with E-state index in [9.17, 15) is 0 Å². The minimum atomic E-state index is -0.721. The summed E-state index contributed by atoms with van der Waals surface area (Å²) in [4.78, 5) is 10.1. The largest absolute Gasteiger partial charge is 0.321 e. The molecule has 12 aromatic rings. The van der Waals surface area contributed by atoms with Gasteiger partial charge in [0.2, 0.25) is 0 Å². The maximum atomic E-state index is 5.23. The van der Waals surface area contributed by atoms with Gasteiger partial charge in [0.1, 0.15) is 12.5 Å². The van der Waals surface area contributed by atoms with E-state index in [0.29, 0.717) is 6.67 Å². The Balaban J connectivity index is 1.03. The van der Waals surface area contributed by atoms with Crippen LogP contribution in [0.15, 0.2) is 279 Å². The summed E-state index contributed by atoms with van der Waals surface area (Å²) in [5.74, 6) is 0.857. The van der Waals surface area contributed by atoms with Crippen LogP contribution in [0.25, 0.3) is 61.0 Å². The molecule has 71 heavy (non-hydrogen) atoms. The SMILES string of the molecule is c1ccc(-c2cccc(-c3ccccc3)c2-c2ccnc(-n3c4ccccc4c4ccc(C(c5ccccc5)(c5ccccc5)c5cccc(N6CN(c7ccccc7)c7ccccc76)c5)cc43)c2)cc1. The van der Waals surface area contributed by atoms with Gasteiger partial charge in [-0.25, -0.2) is 4.98 Å². The fraction of sp³-hybridized carbons (Fsp3) is 0.0299. The van der Waals surface area contributed by atoms with Crippen molar-refractivity contribution in [3.63, 3.8) is 0 Å². The zero-order chi connectivity index (χ0) is 47.1. The molecule has 3 heterocycles. The van der Waals surface area contributed by atoms with E-state index in [1.54, 1.807) is 0 Å². The van der Waals surface area contributed by atoms with Gasteiger partial charge in [0.05, 0.1) is 27.8 Å². The van der Waals surface area contributed by atoms with E-state index in [-0.39, 0.29) is 0 Å². The van der Waals surface area contributed by atoms with Gasteiger partial charge in [-0.15, -0.1) is 0 Å². The minimum Gasteiger partial charge on any atom is -0.321 e. The van der Waals surface area contributed by atoms with Crippen LogP contribution in [-0.4, -0.2) is 16.2 Å². The molecule has 0 aliphatic carbocycles. The molecule has 1 aliphatic heterocycles. The number of hydrogen-bond donors (Lipinski definition) is 0. The van der Waals surface area contributed by atoms with Gasteiger partial charge in [0.15, 0.2) is 0 Å². The number of para-hydroxylation sites is 4. The number of benzene rings is 10. The van der Waals surface area contributed by atoms with Crippen LogP contribution < -0.4 is 9.80 Å². The van der Waals surface area contributed by atoms with Gasteiger partial charge in [-0.1, -0.05) is 212 Å². The van der Waals surface area contributed by atoms with Crippen molar-refractivity contribution >= 4 is 44.6 Å². The molecule has 4 heteroatoms. The van der Waals surface area contributed by atoms with Crippen LogP contribution in [0.4, 0.5) is 22.7 Å². The number of hydrogen-bond acceptors (Lipinski definition) is 3. The van der Waals surface area contributed by atoms with E-state index >= 15 is 0 Å². The second-order valence-corrected chi connectivity index (χ2v) is 18.3. The molecule has 1 aliphatic rings. The molecule has 13 rings (SSSR count). The van der Waals surface area contributed by atoms with Crippen LogP contribution in [-0.2, 0) is 5.41 Å². The molecule has 0 bridgehead atoms. The number of rotatable bonds is 10. The van der Waals surface area contributed by atoms with Crippen molar-refractivity contribution in [2.24, 2.45) is 0 Å². The van der Waals surface area contributed by atoms with Crippen LogP contribution in [0.5, 0.6) is 0 Å². The Labute approximate surface area is 414 Å². The molecule has 0 N–H and O–H groups in total. The molecule has 4 nitrogen and oxygen atoms in total. The van der Waals surface area contributed by atoms with Crippen molar-refractivity contribution in [3.05, 3.63) is 301 Å². The Morgan fingerprint density at radius 3 is 1.48 bits per heavy atom. The molecule has 336 valence electrons. The van der Waals surface area contributed by atoms with E-state index in [2.05, 4.69) is 287 Å². The quantitative estimate of drug-likeness (QED) is 0.128. The highest BCUT2D eigenvalue weighted by molar-refractivity contribution is 6.09. The molecule has 0 fully saturated rings. The molecule has 0 radical (unpaired) electrons. The summed E-state index contributed by atoms with van der Waals surface area (Å²) in [7, 11) is 0. The Morgan fingerprint density at radius 2 is 0.831 bits per heavy atom. The van der Waals surface area contributed by atoms with Gasteiger partial charge in [0, 0.05) is 28.3 Å². The molecular weight excluding hydrogens is 861 g/mol. The van der Waals surface area contributed by atoms with Crippen molar-refractivity contribution in [1.82, 2.24) is 9.55 Å². The first kappa shape index (κ1) is 41.9. The summed E-state index contributed by atoms with van der Waals surface area (Å²) in [5.41, 5.74) is 17.8. The lowest BCUT2D eigenvalue weighted by molar-refractivity contribution is 0.745. The third-order valence-electron chi connectivity index (χ3n) is 14.4. The fourth-order valence-corrected chi connectivity index (χ4v) is 11.3. The van der Waals surface area contributed by atoms with E-state index in [1.165, 1.54) is 72.3 Å². The summed E-state index contributed by atoms with van der Waals surface area (Å²) < 4.78 is 2.38. The molecule has 0 spiro atoms. The second kappa shape index (κ2) is 17.7. The number of aromatic nitrogens is 2. The van der Waals surface area contributed by atoms with Gasteiger partial charge < -0.3 is 9.80 Å². The summed E-state index contributed by atoms with van der Waals surface area (Å²) in [6.45, 7) is 0.692. The lowest BCUT2D eigenvalue weighted by Crippen LogP contribution is -2.31. The van der Waals surface area contributed by atoms with Crippen LogP contribution in [0, 0.1) is 0 Å². The standard InChI is InChI=1S/C67H48N4/c1-6-22-48(23-7-1)57-35-21-36-58(49-24-8-2-9-25-49)66(57)50-42-43-68-65(44-50)71-61-37-17-16-34-59(61)60-41-40-54(46-64(60)71)67(51-26-10-3-11-27-51,52-28-12-4-13-29-52)53-30-20-33-56(45-53)70-47-69(55-31-14-5-15-32-55)62-38-18-19-39-63(62)70/h1-46H,47H2. The maximum Gasteiger partial charge on any atom is 0.138 e. The lowest BCUT2D eigenvalue weighted by Gasteiger charge is -2.37. The van der Waals surface area contributed by atoms with Gasteiger partial charge in [-0.05, 0) is 116 Å². The summed E-state index contributed by atoms with van der Waals surface area (Å²) in [6.07, 6.45) is 1.98. The zero-order valence-corrected chi connectivity index (χ0v) is 39.1. The topological polar surface area (TPSA) is 24.3 Å². The average molecular weight is 909 g/mol. The minimum absolute atomic E-state index is 0.692. The average Bonchev–Trinajstić information content (AvgIpc) is 4.01. The molecule has 0 unspecified atom stereocenters. The second-order valence-electron chi connectivity index (χ2n) is 18.3. The first-order valence-electron chi connectivity index (χ1n) is 24.4. The molecule has 0 amide bonds. The Kier molecular flexibility index (Phi) is 10.4. The fourth-order valence-electron chi connectivity index (χ4n) is 11.3. The molecule has 10 aromatic carbocycles. The predicted molar refractivity (Wildman–Crippen MR) is 295 cm³/mol. The molecule has 0 atom stereocenters. The van der Waals surface area contributed by atoms with Gasteiger partial charge in [-0.3, -0.25) is 4.57 Å². The van der Waals surface area contributed by atoms with Crippen LogP contribution in [0.3, 0.4) is 0 Å². The molecule has 0 saturated carbocycles. The maximum absolute atomic E-state index is 5.23. The number of nitrogens with zero attached hydrogens (tertiary/aromatic N) is 4. The molecule has 2 aromatic heterocycles. The van der Waals surface area contributed by atoms with Crippen molar-refractivity contribution in [2.75, 3.05) is 16.5 Å². The van der Waals surface area contributed by atoms with E-state index in [4.69, 9.17) is 4.98 Å². The number of pyridine rings is 1. The summed E-state index contributed by atoms with van der Waals surface area (Å²) in [6, 6.07) is 99.2. The monoisotopic (exact) mass is 908 g/mol. The van der Waals surface area contributed by atoms with Crippen LogP contribution >= 0.6 is 0 Å². The van der Waals surface area contributed by atoms with E-state index < -0.39 is 5.41 Å². The zero-order valence-electron chi connectivity index (χ0n) is 39.1. The highest BCUT2D eigenvalue weighted by atomic mass is 15.4. The van der Waals surface area contributed by atoms with Crippen LogP contribution in [0.2, 0.25) is 0 Å². The van der Waals surface area contributed by atoms with Gasteiger partial charge in [-0.2, -0.15) is 0 Å². The third-order valence-corrected chi connectivity index (χ3v) is 14.4. The van der Waals surface area contributed by atoms with Crippen molar-refractivity contribution in [3.8, 4) is 39.2 Å². The predicted octanol–water partition coefficient (Wildman–Crippen LogP) is 16.8. The van der Waals surface area contributed by atoms with E-state index in [1.807, 2.05) is 6.20 Å². The van der Waals surface area contributed by atoms with Crippen molar-refractivity contribution in [1.29, 1.82) is 0 Å². The summed E-state index contributed by atoms with van der Waals surface area (Å²) in [5, 5.41) is 2.35. The smallest absolute Gasteiger partial charge is 0.138 e. The summed E-state index contributed by atoms with van der Waals surface area (Å²) >= 11 is 0. The van der Waals surface area contributed by atoms with Crippen molar-refractivity contribution in [2.45, 2.75) is 5.41 Å². The number of fused-ring (bicyclic) bond motifs is 4. The van der Waals surface area contributed by atoms with Gasteiger partial charge in [0.25, 0.3) is 0 Å². The van der Waals surface area contributed by atoms with Crippen LogP contribution in [0.1, 0.15) is 22.3 Å². The normalized spacial score (nSPS) is 12.4.